The number of aromatic nitrogens is 1. The molecule has 3 N–H and O–H groups in total. The van der Waals surface area contributed by atoms with Crippen molar-refractivity contribution in [3.05, 3.63) is 57.5 Å². The maximum absolute atomic E-state index is 11.4. The summed E-state index contributed by atoms with van der Waals surface area (Å²) in [5, 5.41) is 0. The van der Waals surface area contributed by atoms with Gasteiger partial charge in [0.15, 0.2) is 0 Å². The highest BCUT2D eigenvalue weighted by molar-refractivity contribution is 5.47. The summed E-state index contributed by atoms with van der Waals surface area (Å²) < 4.78 is 0. The smallest absolute Gasteiger partial charge is 0.248 e. The minimum absolute atomic E-state index is 0.0432. The summed E-state index contributed by atoms with van der Waals surface area (Å²) in [7, 11) is 0. The lowest BCUT2D eigenvalue weighted by molar-refractivity contribution is 0.421. The van der Waals surface area contributed by atoms with Crippen LogP contribution in [-0.2, 0) is 12.0 Å². The zero-order chi connectivity index (χ0) is 12.0. The van der Waals surface area contributed by atoms with Gasteiger partial charge in [0.1, 0.15) is 0 Å². The van der Waals surface area contributed by atoms with Gasteiger partial charge in [0.2, 0.25) is 5.56 Å². The van der Waals surface area contributed by atoms with Crippen LogP contribution in [-0.4, -0.2) is 4.98 Å². The number of hydrogen-bond donors (Lipinski definition) is 2. The molecular formula is C14H16N2O. The van der Waals surface area contributed by atoms with Crippen molar-refractivity contribution in [1.29, 1.82) is 0 Å². The van der Waals surface area contributed by atoms with Crippen LogP contribution in [0.25, 0.3) is 0 Å². The summed E-state index contributed by atoms with van der Waals surface area (Å²) in [6, 6.07) is 3.45. The molecule has 1 aromatic heterocycles. The van der Waals surface area contributed by atoms with Gasteiger partial charge in [-0.3, -0.25) is 4.79 Å². The number of rotatable bonds is 0. The topological polar surface area (TPSA) is 58.9 Å². The Kier molecular flexibility index (Phi) is 2.13. The monoisotopic (exact) mass is 228 g/mol. The van der Waals surface area contributed by atoms with E-state index in [9.17, 15) is 4.79 Å². The molecule has 2 bridgehead atoms. The lowest BCUT2D eigenvalue weighted by atomic mass is 9.65. The van der Waals surface area contributed by atoms with Crippen LogP contribution >= 0.6 is 0 Å². The fraction of sp³-hybridized carbons (Fsp3) is 0.357. The number of hydrogen-bond acceptors (Lipinski definition) is 2. The molecule has 0 aliphatic heterocycles. The Morgan fingerprint density at radius 2 is 2.35 bits per heavy atom. The van der Waals surface area contributed by atoms with Gasteiger partial charge in [0.25, 0.3) is 0 Å². The minimum atomic E-state index is -0.425. The zero-order valence-corrected chi connectivity index (χ0v) is 9.86. The van der Waals surface area contributed by atoms with Gasteiger partial charge in [-0.15, -0.1) is 0 Å². The molecule has 2 atom stereocenters. The maximum Gasteiger partial charge on any atom is 0.248 e. The van der Waals surface area contributed by atoms with Crippen molar-refractivity contribution in [2.24, 2.45) is 11.7 Å². The van der Waals surface area contributed by atoms with Crippen molar-refractivity contribution >= 4 is 0 Å². The van der Waals surface area contributed by atoms with E-state index in [4.69, 9.17) is 5.73 Å². The van der Waals surface area contributed by atoms with Crippen LogP contribution in [0, 0.1) is 5.92 Å². The van der Waals surface area contributed by atoms with E-state index < -0.39 is 5.54 Å². The van der Waals surface area contributed by atoms with Crippen molar-refractivity contribution in [2.75, 3.05) is 0 Å². The highest BCUT2D eigenvalue weighted by Gasteiger charge is 2.42. The second kappa shape index (κ2) is 3.44. The number of aromatic amines is 1. The zero-order valence-electron chi connectivity index (χ0n) is 9.86. The Hall–Kier alpha value is -1.61. The van der Waals surface area contributed by atoms with Gasteiger partial charge in [-0.05, 0) is 37.0 Å². The standard InChI is InChI=1S/C14H16N2O/c1-2-10-9-4-3-7-14(10,15)11-5-6-13(17)16-12(11)8-9/h2-6,9H,7-8,15H2,1H3,(H,16,17)/b10-2+/t9-,14+/m1/s1. The molecule has 1 heterocycles. The van der Waals surface area contributed by atoms with Crippen LogP contribution in [0.3, 0.4) is 0 Å². The van der Waals surface area contributed by atoms with E-state index in [-0.39, 0.29) is 5.56 Å². The molecule has 1 aromatic rings. The molecule has 0 fully saturated rings. The molecule has 0 saturated carbocycles. The largest absolute Gasteiger partial charge is 0.326 e. The van der Waals surface area contributed by atoms with Gasteiger partial charge in [-0.1, -0.05) is 18.2 Å². The first kappa shape index (κ1) is 10.5. The summed E-state index contributed by atoms with van der Waals surface area (Å²) in [6.45, 7) is 2.04. The lowest BCUT2D eigenvalue weighted by Gasteiger charge is -2.43. The number of allylic oxidation sites excluding steroid dienone is 2. The van der Waals surface area contributed by atoms with E-state index in [1.807, 2.05) is 13.0 Å². The second-order valence-corrected chi connectivity index (χ2v) is 4.87. The van der Waals surface area contributed by atoms with Crippen LogP contribution < -0.4 is 11.3 Å². The maximum atomic E-state index is 11.4. The Labute approximate surface area is 100 Å². The van der Waals surface area contributed by atoms with Gasteiger partial charge in [-0.25, -0.2) is 0 Å². The Balaban J connectivity index is 2.28. The third-order valence-electron chi connectivity index (χ3n) is 3.94. The fourth-order valence-corrected chi connectivity index (χ4v) is 3.20. The molecule has 3 nitrogen and oxygen atoms in total. The Morgan fingerprint density at radius 3 is 3.12 bits per heavy atom. The lowest BCUT2D eigenvalue weighted by Crippen LogP contribution is -2.47. The van der Waals surface area contributed by atoms with Crippen molar-refractivity contribution in [1.82, 2.24) is 4.98 Å². The quantitative estimate of drug-likeness (QED) is 0.663. The van der Waals surface area contributed by atoms with Crippen LogP contribution in [0.1, 0.15) is 24.6 Å². The van der Waals surface area contributed by atoms with Gasteiger partial charge in [0.05, 0.1) is 5.54 Å². The molecule has 0 aromatic carbocycles. The molecule has 3 heteroatoms. The molecule has 0 amide bonds. The van der Waals surface area contributed by atoms with E-state index in [0.29, 0.717) is 5.92 Å². The molecule has 17 heavy (non-hydrogen) atoms. The summed E-state index contributed by atoms with van der Waals surface area (Å²) in [4.78, 5) is 14.3. The third-order valence-corrected chi connectivity index (χ3v) is 3.94. The van der Waals surface area contributed by atoms with Crippen LogP contribution in [0.2, 0.25) is 0 Å². The molecular weight excluding hydrogens is 212 g/mol. The number of nitrogens with two attached hydrogens (primary N) is 1. The van der Waals surface area contributed by atoms with Gasteiger partial charge >= 0.3 is 0 Å². The van der Waals surface area contributed by atoms with E-state index >= 15 is 0 Å². The fourth-order valence-electron chi connectivity index (χ4n) is 3.20. The molecule has 2 aliphatic rings. The Morgan fingerprint density at radius 1 is 1.53 bits per heavy atom. The molecule has 0 radical (unpaired) electrons. The Bertz CT molecular complexity index is 582. The normalized spacial score (nSPS) is 32.6. The van der Waals surface area contributed by atoms with E-state index in [1.54, 1.807) is 6.07 Å². The van der Waals surface area contributed by atoms with Crippen LogP contribution in [0.15, 0.2) is 40.7 Å². The first-order chi connectivity index (χ1) is 8.15. The number of nitrogens with one attached hydrogen (secondary N) is 1. The SMILES string of the molecule is C/C=C1\[C@@H]2C=CC[C@@]1(N)c1ccc(=O)[nH]c1C2. The molecule has 3 rings (SSSR count). The van der Waals surface area contributed by atoms with E-state index in [0.717, 1.165) is 24.1 Å². The summed E-state index contributed by atoms with van der Waals surface area (Å²) in [5.74, 6) is 0.337. The highest BCUT2D eigenvalue weighted by atomic mass is 16.1. The second-order valence-electron chi connectivity index (χ2n) is 4.87. The predicted octanol–water partition coefficient (Wildman–Crippen LogP) is 1.61. The van der Waals surface area contributed by atoms with Gasteiger partial charge in [0, 0.05) is 17.7 Å². The number of H-pyrrole nitrogens is 1. The number of fused-ring (bicyclic) bond motifs is 4. The molecule has 0 saturated heterocycles. The summed E-state index contributed by atoms with van der Waals surface area (Å²) in [6.07, 6.45) is 8.14. The van der Waals surface area contributed by atoms with Crippen LogP contribution in [0.4, 0.5) is 0 Å². The minimum Gasteiger partial charge on any atom is -0.326 e. The molecule has 88 valence electrons. The van der Waals surface area contributed by atoms with E-state index in [1.165, 1.54) is 5.57 Å². The summed E-state index contributed by atoms with van der Waals surface area (Å²) in [5.41, 5.74) is 9.46. The van der Waals surface area contributed by atoms with Crippen molar-refractivity contribution in [3.63, 3.8) is 0 Å². The number of pyridine rings is 1. The highest BCUT2D eigenvalue weighted by Crippen LogP contribution is 2.45. The van der Waals surface area contributed by atoms with E-state index in [2.05, 4.69) is 23.2 Å². The predicted molar refractivity (Wildman–Crippen MR) is 67.6 cm³/mol. The third kappa shape index (κ3) is 1.35. The first-order valence-electron chi connectivity index (χ1n) is 6.00. The first-order valence-corrected chi connectivity index (χ1v) is 6.00. The molecule has 0 unspecified atom stereocenters. The average molecular weight is 228 g/mol. The van der Waals surface area contributed by atoms with Crippen molar-refractivity contribution in [3.8, 4) is 0 Å². The molecule has 0 spiro atoms. The van der Waals surface area contributed by atoms with Gasteiger partial charge in [-0.2, -0.15) is 0 Å². The average Bonchev–Trinajstić information content (AvgIpc) is 2.27. The summed E-state index contributed by atoms with van der Waals surface area (Å²) >= 11 is 0. The van der Waals surface area contributed by atoms with Gasteiger partial charge < -0.3 is 10.7 Å². The van der Waals surface area contributed by atoms with Crippen LogP contribution in [0.5, 0.6) is 0 Å². The van der Waals surface area contributed by atoms with Crippen molar-refractivity contribution < 1.29 is 0 Å². The van der Waals surface area contributed by atoms with Crippen molar-refractivity contribution in [2.45, 2.75) is 25.3 Å². The molecule has 2 aliphatic carbocycles.